The maximum atomic E-state index is 9.61. The van der Waals surface area contributed by atoms with Gasteiger partial charge in [-0.2, -0.15) is 0 Å². The summed E-state index contributed by atoms with van der Waals surface area (Å²) < 4.78 is 0. The third-order valence-electron chi connectivity index (χ3n) is 2.03. The third-order valence-corrected chi connectivity index (χ3v) is 2.03. The van der Waals surface area contributed by atoms with Crippen molar-refractivity contribution in [3.63, 3.8) is 0 Å². The summed E-state index contributed by atoms with van der Waals surface area (Å²) in [6.07, 6.45) is -2.70. The minimum atomic E-state index is -1.38. The summed E-state index contributed by atoms with van der Waals surface area (Å²) in [5, 5.41) is 40.6. The van der Waals surface area contributed by atoms with Crippen molar-refractivity contribution in [2.75, 3.05) is 6.54 Å². The molecule has 0 heterocycles. The molecule has 0 bridgehead atoms. The third kappa shape index (κ3) is 2.77. The first-order valence-corrected chi connectivity index (χ1v) is 4.45. The molecule has 0 aliphatic rings. The van der Waals surface area contributed by atoms with Gasteiger partial charge in [0.15, 0.2) is 0 Å². The Morgan fingerprint density at radius 1 is 1.31 bits per heavy atom. The molecular weight excluding hydrogens is 214 g/mol. The summed E-state index contributed by atoms with van der Waals surface area (Å²) >= 11 is 0. The van der Waals surface area contributed by atoms with Crippen LogP contribution in [0.3, 0.4) is 0 Å². The molecule has 1 aromatic carbocycles. The second-order valence-corrected chi connectivity index (χ2v) is 3.17. The average molecular weight is 225 g/mol. The number of azide groups is 1. The smallest absolute Gasteiger partial charge is 0.125 e. The molecule has 1 aromatic rings. The van der Waals surface area contributed by atoms with E-state index in [1.807, 2.05) is 0 Å². The van der Waals surface area contributed by atoms with Gasteiger partial charge in [-0.1, -0.05) is 5.11 Å². The lowest BCUT2D eigenvalue weighted by molar-refractivity contribution is 0.0230. The van der Waals surface area contributed by atoms with E-state index in [2.05, 4.69) is 10.0 Å². The van der Waals surface area contributed by atoms with Crippen LogP contribution in [0.25, 0.3) is 10.4 Å². The van der Waals surface area contributed by atoms with Crippen molar-refractivity contribution in [1.29, 1.82) is 0 Å². The van der Waals surface area contributed by atoms with Crippen LogP contribution in [0.4, 0.5) is 0 Å². The highest BCUT2D eigenvalue weighted by Crippen LogP contribution is 2.29. The van der Waals surface area contributed by atoms with Gasteiger partial charge in [0.2, 0.25) is 0 Å². The Bertz CT molecular complexity index is 417. The van der Waals surface area contributed by atoms with Crippen LogP contribution in [-0.4, -0.2) is 33.1 Å². The molecule has 0 saturated heterocycles. The highest BCUT2D eigenvalue weighted by atomic mass is 16.3. The lowest BCUT2D eigenvalue weighted by Crippen LogP contribution is -2.21. The fraction of sp³-hybridized carbons (Fsp3) is 0.333. The zero-order valence-corrected chi connectivity index (χ0v) is 8.22. The van der Waals surface area contributed by atoms with Crippen molar-refractivity contribution < 1.29 is 20.4 Å². The molecule has 0 aliphatic heterocycles. The molecule has 0 spiro atoms. The van der Waals surface area contributed by atoms with Gasteiger partial charge in [0.05, 0.1) is 12.6 Å². The summed E-state index contributed by atoms with van der Waals surface area (Å²) in [7, 11) is 0. The van der Waals surface area contributed by atoms with Crippen LogP contribution in [0.1, 0.15) is 11.7 Å². The van der Waals surface area contributed by atoms with Gasteiger partial charge in [0.25, 0.3) is 0 Å². The first-order valence-electron chi connectivity index (χ1n) is 4.45. The Morgan fingerprint density at radius 3 is 2.56 bits per heavy atom. The van der Waals surface area contributed by atoms with Gasteiger partial charge in [-0.25, -0.2) is 0 Å². The molecule has 0 aliphatic carbocycles. The van der Waals surface area contributed by atoms with E-state index in [0.717, 1.165) is 6.07 Å². The number of aliphatic hydroxyl groups is 2. The van der Waals surface area contributed by atoms with Crippen molar-refractivity contribution in [1.82, 2.24) is 0 Å². The Morgan fingerprint density at radius 2 is 2.00 bits per heavy atom. The lowest BCUT2D eigenvalue weighted by Gasteiger charge is -2.17. The standard InChI is InChI=1S/C9H11N3O4/c10-12-11-4-8(15)9(16)6-2-1-5(13)3-7(6)14/h1-3,8-9,13-16H,4H2. The van der Waals surface area contributed by atoms with Crippen LogP contribution in [0.15, 0.2) is 23.3 Å². The van der Waals surface area contributed by atoms with Gasteiger partial charge in [-0.05, 0) is 17.7 Å². The van der Waals surface area contributed by atoms with Crippen molar-refractivity contribution in [3.05, 3.63) is 34.2 Å². The van der Waals surface area contributed by atoms with Gasteiger partial charge < -0.3 is 20.4 Å². The largest absolute Gasteiger partial charge is 0.508 e. The normalized spacial score (nSPS) is 13.9. The van der Waals surface area contributed by atoms with Gasteiger partial charge in [0.1, 0.15) is 17.6 Å². The highest BCUT2D eigenvalue weighted by Gasteiger charge is 2.20. The van der Waals surface area contributed by atoms with E-state index in [1.54, 1.807) is 0 Å². The summed E-state index contributed by atoms with van der Waals surface area (Å²) in [5.41, 5.74) is 8.10. The molecule has 86 valence electrons. The first kappa shape index (κ1) is 12.1. The monoisotopic (exact) mass is 225 g/mol. The number of nitrogens with zero attached hydrogens (tertiary/aromatic N) is 3. The van der Waals surface area contributed by atoms with Crippen LogP contribution < -0.4 is 0 Å². The highest BCUT2D eigenvalue weighted by molar-refractivity contribution is 5.40. The van der Waals surface area contributed by atoms with E-state index in [1.165, 1.54) is 12.1 Å². The van der Waals surface area contributed by atoms with E-state index >= 15 is 0 Å². The van der Waals surface area contributed by atoms with Gasteiger partial charge in [-0.3, -0.25) is 0 Å². The topological polar surface area (TPSA) is 130 Å². The van der Waals surface area contributed by atoms with Crippen LogP contribution in [0.2, 0.25) is 0 Å². The number of hydrogen-bond acceptors (Lipinski definition) is 5. The minimum Gasteiger partial charge on any atom is -0.508 e. The van der Waals surface area contributed by atoms with Gasteiger partial charge >= 0.3 is 0 Å². The Hall–Kier alpha value is -1.95. The predicted molar refractivity (Wildman–Crippen MR) is 54.8 cm³/mol. The molecule has 7 heteroatoms. The zero-order valence-electron chi connectivity index (χ0n) is 8.22. The number of aliphatic hydroxyl groups excluding tert-OH is 2. The summed E-state index contributed by atoms with van der Waals surface area (Å²) in [4.78, 5) is 2.44. The molecule has 0 aromatic heterocycles. The van der Waals surface area contributed by atoms with Crippen LogP contribution >= 0.6 is 0 Å². The fourth-order valence-electron chi connectivity index (χ4n) is 1.21. The molecule has 0 radical (unpaired) electrons. The first-order chi connectivity index (χ1) is 7.56. The molecule has 1 rings (SSSR count). The van der Waals surface area contributed by atoms with Crippen molar-refractivity contribution in [3.8, 4) is 11.5 Å². The number of phenols is 2. The quantitative estimate of drug-likeness (QED) is 0.343. The van der Waals surface area contributed by atoms with E-state index in [4.69, 9.17) is 10.6 Å². The lowest BCUT2D eigenvalue weighted by atomic mass is 10.0. The van der Waals surface area contributed by atoms with E-state index in [-0.39, 0.29) is 23.6 Å². The number of aromatic hydroxyl groups is 2. The van der Waals surface area contributed by atoms with Crippen LogP contribution in [0, 0.1) is 0 Å². The summed E-state index contributed by atoms with van der Waals surface area (Å²) in [6.45, 7) is -0.308. The maximum Gasteiger partial charge on any atom is 0.125 e. The molecule has 16 heavy (non-hydrogen) atoms. The van der Waals surface area contributed by atoms with Gasteiger partial charge in [-0.15, -0.1) is 0 Å². The van der Waals surface area contributed by atoms with Crippen molar-refractivity contribution in [2.45, 2.75) is 12.2 Å². The maximum absolute atomic E-state index is 9.61. The fourth-order valence-corrected chi connectivity index (χ4v) is 1.21. The van der Waals surface area contributed by atoms with Crippen molar-refractivity contribution in [2.24, 2.45) is 5.11 Å². The molecule has 4 N–H and O–H groups in total. The van der Waals surface area contributed by atoms with E-state index in [9.17, 15) is 15.3 Å². The zero-order chi connectivity index (χ0) is 12.1. The Balaban J connectivity index is 2.86. The summed E-state index contributed by atoms with van der Waals surface area (Å²) in [5.74, 6) is -0.495. The molecule has 2 unspecified atom stereocenters. The number of benzene rings is 1. The van der Waals surface area contributed by atoms with Gasteiger partial charge in [0, 0.05) is 16.5 Å². The SMILES string of the molecule is [N-]=[N+]=NCC(O)C(O)c1ccc(O)cc1O. The molecule has 0 saturated carbocycles. The van der Waals surface area contributed by atoms with Crippen LogP contribution in [-0.2, 0) is 0 Å². The second-order valence-electron chi connectivity index (χ2n) is 3.17. The average Bonchev–Trinajstić information content (AvgIpc) is 2.25. The molecule has 0 fully saturated rings. The minimum absolute atomic E-state index is 0.0541. The number of rotatable bonds is 4. The Kier molecular flexibility index (Phi) is 3.96. The molecule has 7 nitrogen and oxygen atoms in total. The number of phenolic OH excluding ortho intramolecular Hbond substituents is 2. The van der Waals surface area contributed by atoms with E-state index < -0.39 is 12.2 Å². The van der Waals surface area contributed by atoms with Crippen LogP contribution in [0.5, 0.6) is 11.5 Å². The Labute approximate surface area is 90.8 Å². The number of hydrogen-bond donors (Lipinski definition) is 4. The van der Waals surface area contributed by atoms with E-state index in [0.29, 0.717) is 0 Å². The molecule has 0 amide bonds. The summed E-state index contributed by atoms with van der Waals surface area (Å²) in [6, 6.07) is 3.58. The molecular formula is C9H11N3O4. The molecule has 2 atom stereocenters. The predicted octanol–water partition coefficient (Wildman–Crippen LogP) is 0.802. The second kappa shape index (κ2) is 5.22. The van der Waals surface area contributed by atoms with Crippen molar-refractivity contribution >= 4 is 0 Å².